The minimum absolute atomic E-state index is 0.223. The molecule has 1 aromatic carbocycles. The zero-order valence-electron chi connectivity index (χ0n) is 7.30. The zero-order chi connectivity index (χ0) is 11.0. The Morgan fingerprint density at radius 1 is 1.13 bits per heavy atom. The predicted molar refractivity (Wildman–Crippen MR) is 51.8 cm³/mol. The smallest absolute Gasteiger partial charge is 0.194 e. The number of nitrogen functional groups attached to an aromatic ring is 1. The van der Waals surface area contributed by atoms with Gasteiger partial charge in [-0.1, -0.05) is 11.3 Å². The molecule has 2 aromatic rings. The minimum atomic E-state index is -1.48. The normalized spacial score (nSPS) is 10.6. The molecule has 0 amide bonds. The summed E-state index contributed by atoms with van der Waals surface area (Å²) in [5.74, 6) is -3.93. The van der Waals surface area contributed by atoms with Gasteiger partial charge in [-0.05, 0) is 17.7 Å². The Balaban J connectivity index is 2.55. The maximum Gasteiger partial charge on any atom is 0.194 e. The van der Waals surface area contributed by atoms with Gasteiger partial charge in [0.05, 0.1) is 4.88 Å². The Morgan fingerprint density at radius 3 is 2.20 bits per heavy atom. The Labute approximate surface area is 87.2 Å². The summed E-state index contributed by atoms with van der Waals surface area (Å²) in [6.45, 7) is 0. The van der Waals surface area contributed by atoms with E-state index in [4.69, 9.17) is 5.73 Å². The summed E-state index contributed by atoms with van der Waals surface area (Å²) in [6, 6.07) is 1.82. The lowest BCUT2D eigenvalue weighted by Crippen LogP contribution is -1.90. The molecule has 1 aromatic heterocycles. The molecule has 0 aliphatic rings. The number of nitrogens with zero attached hydrogens (tertiary/aromatic N) is 1. The fraction of sp³-hybridized carbons (Fsp3) is 0. The van der Waals surface area contributed by atoms with Crippen LogP contribution in [0, 0.1) is 17.5 Å². The van der Waals surface area contributed by atoms with Crippen molar-refractivity contribution in [1.29, 1.82) is 0 Å². The van der Waals surface area contributed by atoms with E-state index in [1.165, 1.54) is 6.20 Å². The van der Waals surface area contributed by atoms with Crippen molar-refractivity contribution in [3.05, 3.63) is 35.8 Å². The fourth-order valence-electron chi connectivity index (χ4n) is 1.12. The monoisotopic (exact) mass is 230 g/mol. The second kappa shape index (κ2) is 3.54. The first-order valence-corrected chi connectivity index (χ1v) is 4.76. The standard InChI is InChI=1S/C9H5F3N2S/c10-5-1-4(2-6(11)8(5)12)7-3-14-9(13)15-7/h1-3H,(H2,13,14). The molecule has 2 N–H and O–H groups in total. The second-order valence-electron chi connectivity index (χ2n) is 2.82. The molecule has 0 unspecified atom stereocenters. The number of halogens is 3. The summed E-state index contributed by atoms with van der Waals surface area (Å²) in [4.78, 5) is 4.22. The van der Waals surface area contributed by atoms with Gasteiger partial charge in [-0.3, -0.25) is 0 Å². The maximum atomic E-state index is 12.9. The molecule has 0 atom stereocenters. The van der Waals surface area contributed by atoms with Crippen LogP contribution in [0.5, 0.6) is 0 Å². The molecule has 1 heterocycles. The molecule has 0 fully saturated rings. The molecule has 0 saturated carbocycles. The molecule has 0 aliphatic heterocycles. The SMILES string of the molecule is Nc1ncc(-c2cc(F)c(F)c(F)c2)s1. The molecule has 0 bridgehead atoms. The highest BCUT2D eigenvalue weighted by molar-refractivity contribution is 7.18. The zero-order valence-corrected chi connectivity index (χ0v) is 8.12. The minimum Gasteiger partial charge on any atom is -0.375 e. The third-order valence-corrected chi connectivity index (χ3v) is 2.67. The van der Waals surface area contributed by atoms with Crippen LogP contribution < -0.4 is 5.73 Å². The van der Waals surface area contributed by atoms with E-state index >= 15 is 0 Å². The van der Waals surface area contributed by atoms with Crippen molar-refractivity contribution in [3.8, 4) is 10.4 Å². The van der Waals surface area contributed by atoms with Gasteiger partial charge in [0, 0.05) is 6.20 Å². The molecular weight excluding hydrogens is 225 g/mol. The molecular formula is C9H5F3N2S. The number of thiazole rings is 1. The summed E-state index contributed by atoms with van der Waals surface area (Å²) in [5, 5.41) is 0.287. The number of nitrogens with two attached hydrogens (primary N) is 1. The van der Waals surface area contributed by atoms with E-state index in [0.717, 1.165) is 23.5 Å². The number of rotatable bonds is 1. The van der Waals surface area contributed by atoms with Crippen molar-refractivity contribution < 1.29 is 13.2 Å². The first-order valence-electron chi connectivity index (χ1n) is 3.94. The van der Waals surface area contributed by atoms with Crippen LogP contribution in [0.2, 0.25) is 0 Å². The lowest BCUT2D eigenvalue weighted by molar-refractivity contribution is 0.448. The first-order chi connectivity index (χ1) is 7.08. The van der Waals surface area contributed by atoms with Crippen LogP contribution in [0.1, 0.15) is 0 Å². The summed E-state index contributed by atoms with van der Waals surface area (Å²) in [6.07, 6.45) is 1.38. The molecule has 0 spiro atoms. The van der Waals surface area contributed by atoms with E-state index in [0.29, 0.717) is 4.88 Å². The van der Waals surface area contributed by atoms with Crippen LogP contribution in [0.3, 0.4) is 0 Å². The van der Waals surface area contributed by atoms with Gasteiger partial charge in [0.15, 0.2) is 22.6 Å². The summed E-state index contributed by atoms with van der Waals surface area (Å²) >= 11 is 1.07. The van der Waals surface area contributed by atoms with E-state index < -0.39 is 17.5 Å². The molecule has 78 valence electrons. The van der Waals surface area contributed by atoms with E-state index in [-0.39, 0.29) is 10.7 Å². The highest BCUT2D eigenvalue weighted by atomic mass is 32.1. The van der Waals surface area contributed by atoms with Crippen LogP contribution in [0.25, 0.3) is 10.4 Å². The Morgan fingerprint density at radius 2 is 1.73 bits per heavy atom. The number of anilines is 1. The van der Waals surface area contributed by atoms with Crippen molar-refractivity contribution in [1.82, 2.24) is 4.98 Å². The van der Waals surface area contributed by atoms with Crippen molar-refractivity contribution in [2.24, 2.45) is 0 Å². The maximum absolute atomic E-state index is 12.9. The van der Waals surface area contributed by atoms with Crippen LogP contribution >= 0.6 is 11.3 Å². The number of benzene rings is 1. The quantitative estimate of drug-likeness (QED) is 0.765. The van der Waals surface area contributed by atoms with Crippen molar-refractivity contribution in [2.45, 2.75) is 0 Å². The molecule has 15 heavy (non-hydrogen) atoms. The number of hydrogen-bond donors (Lipinski definition) is 1. The van der Waals surface area contributed by atoms with E-state index in [9.17, 15) is 13.2 Å². The van der Waals surface area contributed by atoms with Gasteiger partial charge in [0.2, 0.25) is 0 Å². The molecule has 2 nitrogen and oxygen atoms in total. The predicted octanol–water partition coefficient (Wildman–Crippen LogP) is 2.81. The lowest BCUT2D eigenvalue weighted by Gasteiger charge is -1.99. The molecule has 6 heteroatoms. The van der Waals surface area contributed by atoms with Crippen molar-refractivity contribution in [3.63, 3.8) is 0 Å². The number of aromatic nitrogens is 1. The fourth-order valence-corrected chi connectivity index (χ4v) is 1.79. The summed E-state index contributed by atoms with van der Waals surface area (Å²) in [7, 11) is 0. The van der Waals surface area contributed by atoms with Crippen molar-refractivity contribution >= 4 is 16.5 Å². The molecule has 0 radical (unpaired) electrons. The lowest BCUT2D eigenvalue weighted by atomic mass is 10.2. The Hall–Kier alpha value is -1.56. The topological polar surface area (TPSA) is 38.9 Å². The van der Waals surface area contributed by atoms with E-state index in [1.54, 1.807) is 0 Å². The van der Waals surface area contributed by atoms with Crippen LogP contribution in [-0.4, -0.2) is 4.98 Å². The van der Waals surface area contributed by atoms with Gasteiger partial charge in [0.25, 0.3) is 0 Å². The van der Waals surface area contributed by atoms with E-state index in [2.05, 4.69) is 4.98 Å². The summed E-state index contributed by atoms with van der Waals surface area (Å²) in [5.41, 5.74) is 5.59. The summed E-state index contributed by atoms with van der Waals surface area (Å²) < 4.78 is 38.4. The van der Waals surface area contributed by atoms with Crippen LogP contribution in [-0.2, 0) is 0 Å². The van der Waals surface area contributed by atoms with E-state index in [1.807, 2.05) is 0 Å². The highest BCUT2D eigenvalue weighted by Gasteiger charge is 2.12. The van der Waals surface area contributed by atoms with Crippen LogP contribution in [0.15, 0.2) is 18.3 Å². The average molecular weight is 230 g/mol. The molecule has 0 saturated heterocycles. The number of hydrogen-bond acceptors (Lipinski definition) is 3. The van der Waals surface area contributed by atoms with Gasteiger partial charge in [-0.2, -0.15) is 0 Å². The van der Waals surface area contributed by atoms with Crippen molar-refractivity contribution in [2.75, 3.05) is 5.73 Å². The first kappa shape index (κ1) is 9.97. The Kier molecular flexibility index (Phi) is 2.36. The van der Waals surface area contributed by atoms with Gasteiger partial charge >= 0.3 is 0 Å². The van der Waals surface area contributed by atoms with Gasteiger partial charge in [-0.15, -0.1) is 0 Å². The van der Waals surface area contributed by atoms with Crippen LogP contribution in [0.4, 0.5) is 18.3 Å². The third-order valence-electron chi connectivity index (χ3n) is 1.79. The average Bonchev–Trinajstić information content (AvgIpc) is 2.60. The highest BCUT2D eigenvalue weighted by Crippen LogP contribution is 2.29. The van der Waals surface area contributed by atoms with Gasteiger partial charge in [0.1, 0.15) is 0 Å². The van der Waals surface area contributed by atoms with Gasteiger partial charge < -0.3 is 5.73 Å². The van der Waals surface area contributed by atoms with Gasteiger partial charge in [-0.25, -0.2) is 18.2 Å². The third kappa shape index (κ3) is 1.80. The molecule has 2 rings (SSSR count). The second-order valence-corrected chi connectivity index (χ2v) is 3.88. The largest absolute Gasteiger partial charge is 0.375 e. The Bertz CT molecular complexity index is 487. The molecule has 0 aliphatic carbocycles.